The van der Waals surface area contributed by atoms with Crippen LogP contribution in [-0.2, 0) is 14.3 Å². The fourth-order valence-corrected chi connectivity index (χ4v) is 3.10. The van der Waals surface area contributed by atoms with Crippen molar-refractivity contribution in [2.75, 3.05) is 26.1 Å². The number of anilines is 1. The first-order chi connectivity index (χ1) is 14.2. The van der Waals surface area contributed by atoms with Gasteiger partial charge in [-0.15, -0.1) is 0 Å². The quantitative estimate of drug-likeness (QED) is 0.643. The molecule has 2 aromatic carbocycles. The van der Waals surface area contributed by atoms with Crippen LogP contribution in [0.3, 0.4) is 0 Å². The van der Waals surface area contributed by atoms with Crippen molar-refractivity contribution in [2.24, 2.45) is 5.92 Å². The van der Waals surface area contributed by atoms with Gasteiger partial charge in [0.1, 0.15) is 11.9 Å². The number of esters is 2. The van der Waals surface area contributed by atoms with Crippen molar-refractivity contribution in [3.05, 3.63) is 65.0 Å². The molecule has 160 valence electrons. The van der Waals surface area contributed by atoms with Gasteiger partial charge >= 0.3 is 11.9 Å². The first-order valence-corrected chi connectivity index (χ1v) is 9.45. The van der Waals surface area contributed by atoms with Crippen molar-refractivity contribution in [3.63, 3.8) is 0 Å². The third-order valence-electron chi connectivity index (χ3n) is 4.59. The maximum Gasteiger partial charge on any atom is 0.337 e. The molecule has 0 saturated heterocycles. The number of nitrogens with two attached hydrogens (primary N) is 1. The van der Waals surface area contributed by atoms with Gasteiger partial charge in [0.15, 0.2) is 6.54 Å². The number of benzene rings is 2. The molecule has 1 atom stereocenters. The van der Waals surface area contributed by atoms with Crippen LogP contribution in [0.2, 0.25) is 0 Å². The standard InChI is InChI=1S/C22H25FN2O5/c1-13(2)20(14-5-7-17(23)8-6-14)24-12-19(26)25-18-10-15(21(27)29-3)9-16(11-18)22(28)30-4/h5-11,13,20,24H,12H2,1-4H3,(H,25,26)/p+1/t20-/m0/s1. The van der Waals surface area contributed by atoms with Crippen molar-refractivity contribution >= 4 is 23.5 Å². The zero-order chi connectivity index (χ0) is 22.3. The predicted octanol–water partition coefficient (Wildman–Crippen LogP) is 2.30. The SMILES string of the molecule is COC(=O)c1cc(NC(=O)C[NH2+][C@H](c2ccc(F)cc2)C(C)C)cc(C(=O)OC)c1. The second-order valence-electron chi connectivity index (χ2n) is 7.09. The minimum Gasteiger partial charge on any atom is -0.465 e. The first-order valence-electron chi connectivity index (χ1n) is 9.45. The number of ether oxygens (including phenoxy) is 2. The largest absolute Gasteiger partial charge is 0.465 e. The van der Waals surface area contributed by atoms with Crippen molar-refractivity contribution in [1.82, 2.24) is 0 Å². The van der Waals surface area contributed by atoms with Gasteiger partial charge in [-0.2, -0.15) is 0 Å². The van der Waals surface area contributed by atoms with Gasteiger partial charge in [0.2, 0.25) is 0 Å². The van der Waals surface area contributed by atoms with E-state index in [0.717, 1.165) is 5.56 Å². The Balaban J connectivity index is 2.13. The van der Waals surface area contributed by atoms with E-state index < -0.39 is 11.9 Å². The zero-order valence-electron chi connectivity index (χ0n) is 17.4. The monoisotopic (exact) mass is 417 g/mol. The minimum atomic E-state index is -0.640. The molecule has 0 aliphatic carbocycles. The molecule has 2 rings (SSSR count). The number of carbonyl (C=O) groups excluding carboxylic acids is 3. The molecule has 2 aromatic rings. The molecule has 0 radical (unpaired) electrons. The molecule has 0 spiro atoms. The van der Waals surface area contributed by atoms with Crippen LogP contribution >= 0.6 is 0 Å². The van der Waals surface area contributed by atoms with Gasteiger partial charge in [-0.3, -0.25) is 4.79 Å². The topological polar surface area (TPSA) is 98.3 Å². The smallest absolute Gasteiger partial charge is 0.337 e. The number of methoxy groups -OCH3 is 2. The van der Waals surface area contributed by atoms with Crippen LogP contribution in [-0.4, -0.2) is 38.6 Å². The number of quaternary nitrogens is 1. The summed E-state index contributed by atoms with van der Waals surface area (Å²) in [5, 5.41) is 4.55. The first kappa shape index (κ1) is 23.0. The molecular formula is C22H26FN2O5+. The fraction of sp³-hybridized carbons (Fsp3) is 0.318. The number of amides is 1. The summed E-state index contributed by atoms with van der Waals surface area (Å²) in [6, 6.07) is 10.3. The number of halogens is 1. The molecular weight excluding hydrogens is 391 g/mol. The van der Waals surface area contributed by atoms with Crippen molar-refractivity contribution in [2.45, 2.75) is 19.9 Å². The molecule has 0 saturated carbocycles. The lowest BCUT2D eigenvalue weighted by Crippen LogP contribution is -2.88. The van der Waals surface area contributed by atoms with E-state index in [9.17, 15) is 18.8 Å². The number of hydrogen-bond donors (Lipinski definition) is 2. The van der Waals surface area contributed by atoms with Gasteiger partial charge in [0.25, 0.3) is 5.91 Å². The Bertz CT molecular complexity index is 878. The van der Waals surface area contributed by atoms with E-state index in [1.165, 1.54) is 44.6 Å². The van der Waals surface area contributed by atoms with Gasteiger partial charge < -0.3 is 20.1 Å². The summed E-state index contributed by atoms with van der Waals surface area (Å²) in [4.78, 5) is 36.2. The van der Waals surface area contributed by atoms with E-state index >= 15 is 0 Å². The van der Waals surface area contributed by atoms with E-state index in [2.05, 4.69) is 5.32 Å². The molecule has 0 unspecified atom stereocenters. The Morgan fingerprint density at radius 2 is 1.50 bits per heavy atom. The van der Waals surface area contributed by atoms with Crippen LogP contribution in [0, 0.1) is 11.7 Å². The third kappa shape index (κ3) is 6.12. The van der Waals surface area contributed by atoms with Crippen LogP contribution in [0.1, 0.15) is 46.2 Å². The maximum atomic E-state index is 13.2. The van der Waals surface area contributed by atoms with E-state index in [4.69, 9.17) is 9.47 Å². The third-order valence-corrected chi connectivity index (χ3v) is 4.59. The Morgan fingerprint density at radius 1 is 0.967 bits per heavy atom. The summed E-state index contributed by atoms with van der Waals surface area (Å²) in [6.45, 7) is 4.13. The number of nitrogens with one attached hydrogen (secondary N) is 1. The number of rotatable bonds is 8. The van der Waals surface area contributed by atoms with Gasteiger partial charge in [-0.05, 0) is 30.3 Å². The van der Waals surface area contributed by atoms with E-state index in [1.54, 1.807) is 12.1 Å². The second-order valence-corrected chi connectivity index (χ2v) is 7.09. The molecule has 0 fully saturated rings. The predicted molar refractivity (Wildman–Crippen MR) is 109 cm³/mol. The molecule has 0 aliphatic heterocycles. The van der Waals surface area contributed by atoms with Crippen LogP contribution < -0.4 is 10.6 Å². The summed E-state index contributed by atoms with van der Waals surface area (Å²) in [6.07, 6.45) is 0. The summed E-state index contributed by atoms with van der Waals surface area (Å²) >= 11 is 0. The highest BCUT2D eigenvalue weighted by Crippen LogP contribution is 2.19. The van der Waals surface area contributed by atoms with Crippen LogP contribution in [0.5, 0.6) is 0 Å². The summed E-state index contributed by atoms with van der Waals surface area (Å²) < 4.78 is 22.6. The fourth-order valence-electron chi connectivity index (χ4n) is 3.10. The van der Waals surface area contributed by atoms with E-state index in [0.29, 0.717) is 0 Å². The molecule has 30 heavy (non-hydrogen) atoms. The lowest BCUT2D eigenvalue weighted by Gasteiger charge is -2.19. The van der Waals surface area contributed by atoms with Crippen molar-refractivity contribution < 1.29 is 33.6 Å². The van der Waals surface area contributed by atoms with Crippen LogP contribution in [0.15, 0.2) is 42.5 Å². The van der Waals surface area contributed by atoms with E-state index in [1.807, 2.05) is 19.2 Å². The highest BCUT2D eigenvalue weighted by Gasteiger charge is 2.21. The van der Waals surface area contributed by atoms with Crippen molar-refractivity contribution in [3.8, 4) is 0 Å². The summed E-state index contributed by atoms with van der Waals surface area (Å²) in [7, 11) is 2.45. The van der Waals surface area contributed by atoms with Gasteiger partial charge in [0.05, 0.1) is 25.3 Å². The second kappa shape index (κ2) is 10.5. The Hall–Kier alpha value is -3.26. The highest BCUT2D eigenvalue weighted by molar-refractivity contribution is 5.99. The molecule has 3 N–H and O–H groups in total. The maximum absolute atomic E-state index is 13.2. The summed E-state index contributed by atoms with van der Waals surface area (Å²) in [5.41, 5.74) is 1.43. The van der Waals surface area contributed by atoms with E-state index in [-0.39, 0.29) is 47.0 Å². The normalized spacial score (nSPS) is 11.7. The van der Waals surface area contributed by atoms with Gasteiger partial charge in [0, 0.05) is 17.2 Å². The molecule has 0 aromatic heterocycles. The Labute approximate surface area is 174 Å². The van der Waals surface area contributed by atoms with Gasteiger partial charge in [-0.1, -0.05) is 26.0 Å². The summed E-state index contributed by atoms with van der Waals surface area (Å²) in [5.74, 6) is -1.71. The molecule has 0 heterocycles. The minimum absolute atomic E-state index is 0.0385. The molecule has 1 amide bonds. The molecule has 0 bridgehead atoms. The lowest BCUT2D eigenvalue weighted by atomic mass is 9.96. The van der Waals surface area contributed by atoms with Gasteiger partial charge in [-0.25, -0.2) is 14.0 Å². The number of carbonyl (C=O) groups is 3. The molecule has 7 nitrogen and oxygen atoms in total. The Kier molecular flexibility index (Phi) is 8.06. The average Bonchev–Trinajstić information content (AvgIpc) is 2.73. The zero-order valence-corrected chi connectivity index (χ0v) is 17.4. The van der Waals surface area contributed by atoms with Crippen LogP contribution in [0.4, 0.5) is 10.1 Å². The molecule has 8 heteroatoms. The molecule has 0 aliphatic rings. The highest BCUT2D eigenvalue weighted by atomic mass is 19.1. The lowest BCUT2D eigenvalue weighted by molar-refractivity contribution is -0.692. The average molecular weight is 417 g/mol. The van der Waals surface area contributed by atoms with Crippen LogP contribution in [0.25, 0.3) is 0 Å². The van der Waals surface area contributed by atoms with Crippen molar-refractivity contribution in [1.29, 1.82) is 0 Å². The Morgan fingerprint density at radius 3 is 1.97 bits per heavy atom. The number of hydrogen-bond acceptors (Lipinski definition) is 5.